The SMILES string of the molecule is CC(C)(C)NC(=O)OCCCn1c(CCl)nc2c(N)nc3ccccc3c21. The molecule has 3 aromatic rings. The molecular formula is C19H24ClN5O2. The highest BCUT2D eigenvalue weighted by atomic mass is 35.5. The molecule has 3 N–H and O–H groups in total. The van der Waals surface area contributed by atoms with Crippen LogP contribution < -0.4 is 11.1 Å². The van der Waals surface area contributed by atoms with E-state index in [0.29, 0.717) is 30.9 Å². The number of benzene rings is 1. The Morgan fingerprint density at radius 3 is 2.74 bits per heavy atom. The number of para-hydroxylation sites is 1. The van der Waals surface area contributed by atoms with E-state index in [0.717, 1.165) is 22.2 Å². The summed E-state index contributed by atoms with van der Waals surface area (Å²) >= 11 is 6.10. The van der Waals surface area contributed by atoms with Crippen molar-refractivity contribution in [1.29, 1.82) is 0 Å². The third kappa shape index (κ3) is 4.24. The molecule has 144 valence electrons. The van der Waals surface area contributed by atoms with Crippen molar-refractivity contribution in [2.45, 2.75) is 45.2 Å². The second-order valence-electron chi connectivity index (χ2n) is 7.39. The van der Waals surface area contributed by atoms with Gasteiger partial charge < -0.3 is 20.4 Å². The van der Waals surface area contributed by atoms with E-state index in [9.17, 15) is 4.79 Å². The molecule has 3 rings (SSSR count). The molecule has 0 spiro atoms. The predicted octanol–water partition coefficient (Wildman–Crippen LogP) is 3.82. The fraction of sp³-hybridized carbons (Fsp3) is 0.421. The molecule has 27 heavy (non-hydrogen) atoms. The maximum atomic E-state index is 11.8. The highest BCUT2D eigenvalue weighted by Gasteiger charge is 2.17. The van der Waals surface area contributed by atoms with Crippen LogP contribution in [0.4, 0.5) is 10.6 Å². The Kier molecular flexibility index (Phi) is 5.41. The summed E-state index contributed by atoms with van der Waals surface area (Å²) in [6.07, 6.45) is 0.207. The van der Waals surface area contributed by atoms with Crippen molar-refractivity contribution < 1.29 is 9.53 Å². The number of anilines is 1. The summed E-state index contributed by atoms with van der Waals surface area (Å²) in [5, 5.41) is 3.74. The van der Waals surface area contributed by atoms with Crippen molar-refractivity contribution in [3.63, 3.8) is 0 Å². The summed E-state index contributed by atoms with van der Waals surface area (Å²) < 4.78 is 7.29. The number of nitrogens with one attached hydrogen (secondary N) is 1. The van der Waals surface area contributed by atoms with Gasteiger partial charge in [-0.2, -0.15) is 0 Å². The van der Waals surface area contributed by atoms with E-state index in [1.54, 1.807) is 0 Å². The number of alkyl carbamates (subject to hydrolysis) is 1. The average molecular weight is 390 g/mol. The van der Waals surface area contributed by atoms with Crippen molar-refractivity contribution in [2.24, 2.45) is 0 Å². The number of halogens is 1. The lowest BCUT2D eigenvalue weighted by Crippen LogP contribution is -2.41. The van der Waals surface area contributed by atoms with Crippen LogP contribution in [-0.4, -0.2) is 32.8 Å². The lowest BCUT2D eigenvalue weighted by atomic mass is 10.1. The maximum absolute atomic E-state index is 11.8. The van der Waals surface area contributed by atoms with Crippen LogP contribution >= 0.6 is 11.6 Å². The Bertz CT molecular complexity index is 978. The Morgan fingerprint density at radius 2 is 2.04 bits per heavy atom. The molecule has 2 heterocycles. The molecule has 0 saturated carbocycles. The van der Waals surface area contributed by atoms with Gasteiger partial charge in [-0.3, -0.25) is 0 Å². The van der Waals surface area contributed by atoms with E-state index in [1.165, 1.54) is 0 Å². The maximum Gasteiger partial charge on any atom is 0.407 e. The minimum absolute atomic E-state index is 0.258. The lowest BCUT2D eigenvalue weighted by molar-refractivity contribution is 0.135. The third-order valence-corrected chi connectivity index (χ3v) is 4.28. The van der Waals surface area contributed by atoms with E-state index in [1.807, 2.05) is 49.6 Å². The molecular weight excluding hydrogens is 366 g/mol. The van der Waals surface area contributed by atoms with Gasteiger partial charge >= 0.3 is 6.09 Å². The van der Waals surface area contributed by atoms with E-state index < -0.39 is 6.09 Å². The largest absolute Gasteiger partial charge is 0.449 e. The Balaban J connectivity index is 1.83. The Morgan fingerprint density at radius 1 is 1.30 bits per heavy atom. The number of carbonyl (C=O) groups is 1. The number of nitrogens with two attached hydrogens (primary N) is 1. The second kappa shape index (κ2) is 7.60. The van der Waals surface area contributed by atoms with Gasteiger partial charge in [0.1, 0.15) is 11.3 Å². The molecule has 0 aliphatic heterocycles. The fourth-order valence-electron chi connectivity index (χ4n) is 2.98. The molecule has 0 bridgehead atoms. The van der Waals surface area contributed by atoms with Crippen molar-refractivity contribution in [3.8, 4) is 0 Å². The van der Waals surface area contributed by atoms with Crippen LogP contribution in [0.1, 0.15) is 33.0 Å². The first kappa shape index (κ1) is 19.2. The van der Waals surface area contributed by atoms with Gasteiger partial charge in [0.25, 0.3) is 0 Å². The molecule has 0 aliphatic rings. The summed E-state index contributed by atoms with van der Waals surface area (Å²) in [6.45, 7) is 6.61. The molecule has 0 radical (unpaired) electrons. The summed E-state index contributed by atoms with van der Waals surface area (Å²) in [4.78, 5) is 20.8. The van der Waals surface area contributed by atoms with E-state index in [4.69, 9.17) is 22.1 Å². The predicted molar refractivity (Wildman–Crippen MR) is 108 cm³/mol. The van der Waals surface area contributed by atoms with Gasteiger partial charge in [0.2, 0.25) is 0 Å². The number of hydrogen-bond donors (Lipinski definition) is 2. The number of pyridine rings is 1. The highest BCUT2D eigenvalue weighted by Crippen LogP contribution is 2.29. The average Bonchev–Trinajstić information content (AvgIpc) is 2.97. The van der Waals surface area contributed by atoms with Gasteiger partial charge in [0.15, 0.2) is 5.82 Å². The quantitative estimate of drug-likeness (QED) is 0.511. The van der Waals surface area contributed by atoms with Crippen LogP contribution in [0.5, 0.6) is 0 Å². The minimum atomic E-state index is -0.422. The number of aromatic nitrogens is 3. The van der Waals surface area contributed by atoms with Crippen LogP contribution in [0, 0.1) is 0 Å². The third-order valence-electron chi connectivity index (χ3n) is 4.05. The van der Waals surface area contributed by atoms with Crippen molar-refractivity contribution >= 4 is 45.4 Å². The first-order valence-corrected chi connectivity index (χ1v) is 9.38. The molecule has 0 unspecified atom stereocenters. The lowest BCUT2D eigenvalue weighted by Gasteiger charge is -2.20. The number of rotatable bonds is 5. The number of hydrogen-bond acceptors (Lipinski definition) is 5. The van der Waals surface area contributed by atoms with Gasteiger partial charge in [-0.15, -0.1) is 11.6 Å². The highest BCUT2D eigenvalue weighted by molar-refractivity contribution is 6.17. The van der Waals surface area contributed by atoms with Crippen LogP contribution in [0.3, 0.4) is 0 Å². The zero-order valence-corrected chi connectivity index (χ0v) is 16.5. The molecule has 1 amide bonds. The van der Waals surface area contributed by atoms with Crippen molar-refractivity contribution in [1.82, 2.24) is 19.9 Å². The zero-order chi connectivity index (χ0) is 19.6. The van der Waals surface area contributed by atoms with E-state index in [2.05, 4.69) is 15.3 Å². The number of nitrogens with zero attached hydrogens (tertiary/aromatic N) is 3. The van der Waals surface area contributed by atoms with Gasteiger partial charge in [0, 0.05) is 17.5 Å². The summed E-state index contributed by atoms with van der Waals surface area (Å²) in [7, 11) is 0. The van der Waals surface area contributed by atoms with Crippen molar-refractivity contribution in [2.75, 3.05) is 12.3 Å². The summed E-state index contributed by atoms with van der Waals surface area (Å²) in [5.74, 6) is 1.36. The topological polar surface area (TPSA) is 95.1 Å². The fourth-order valence-corrected chi connectivity index (χ4v) is 3.18. The number of amides is 1. The van der Waals surface area contributed by atoms with Gasteiger partial charge in [-0.25, -0.2) is 14.8 Å². The number of alkyl halides is 1. The molecule has 8 heteroatoms. The smallest absolute Gasteiger partial charge is 0.407 e. The van der Waals surface area contributed by atoms with Gasteiger partial charge in [-0.05, 0) is 33.3 Å². The number of ether oxygens (including phenoxy) is 1. The number of imidazole rings is 1. The van der Waals surface area contributed by atoms with E-state index in [-0.39, 0.29) is 11.4 Å². The number of carbonyl (C=O) groups excluding carboxylic acids is 1. The Hall–Kier alpha value is -2.54. The van der Waals surface area contributed by atoms with E-state index >= 15 is 0 Å². The standard InChI is InChI=1S/C19H24ClN5O2/c1-19(2,3)24-18(26)27-10-6-9-25-14(11-20)23-15-16(25)12-7-4-5-8-13(12)22-17(15)21/h4-5,7-8H,6,9-11H2,1-3H3,(H2,21,22)(H,24,26). The first-order chi connectivity index (χ1) is 12.8. The zero-order valence-electron chi connectivity index (χ0n) is 15.8. The summed E-state index contributed by atoms with van der Waals surface area (Å²) in [6, 6.07) is 7.79. The minimum Gasteiger partial charge on any atom is -0.449 e. The number of fused-ring (bicyclic) bond motifs is 3. The van der Waals surface area contributed by atoms with Crippen LogP contribution in [0.2, 0.25) is 0 Å². The summed E-state index contributed by atoms with van der Waals surface area (Å²) in [5.41, 5.74) is 8.15. The molecule has 0 saturated heterocycles. The molecule has 0 fully saturated rings. The monoisotopic (exact) mass is 389 g/mol. The van der Waals surface area contributed by atoms with Crippen LogP contribution in [0.15, 0.2) is 24.3 Å². The van der Waals surface area contributed by atoms with Gasteiger partial charge in [0.05, 0.1) is 23.5 Å². The van der Waals surface area contributed by atoms with Crippen LogP contribution in [0.25, 0.3) is 21.9 Å². The molecule has 0 aliphatic carbocycles. The molecule has 7 nitrogen and oxygen atoms in total. The first-order valence-electron chi connectivity index (χ1n) is 8.84. The molecule has 2 aromatic heterocycles. The molecule has 0 atom stereocenters. The van der Waals surface area contributed by atoms with Crippen LogP contribution in [-0.2, 0) is 17.2 Å². The molecule has 1 aromatic carbocycles. The van der Waals surface area contributed by atoms with Gasteiger partial charge in [-0.1, -0.05) is 18.2 Å². The number of aryl methyl sites for hydroxylation is 1. The number of nitrogen functional groups attached to an aromatic ring is 1. The van der Waals surface area contributed by atoms with Crippen molar-refractivity contribution in [3.05, 3.63) is 30.1 Å². The normalized spacial score (nSPS) is 11.9. The second-order valence-corrected chi connectivity index (χ2v) is 7.66. The Labute approximate surface area is 162 Å².